The van der Waals surface area contributed by atoms with Gasteiger partial charge in [-0.2, -0.15) is 0 Å². The third-order valence-electron chi connectivity index (χ3n) is 5.35. The van der Waals surface area contributed by atoms with Crippen LogP contribution in [0.5, 0.6) is 0 Å². The highest BCUT2D eigenvalue weighted by Crippen LogP contribution is 2.32. The van der Waals surface area contributed by atoms with Crippen molar-refractivity contribution in [2.75, 3.05) is 36.4 Å². The molecule has 0 atom stereocenters. The van der Waals surface area contributed by atoms with E-state index in [1.54, 1.807) is 11.1 Å². The van der Waals surface area contributed by atoms with Gasteiger partial charge in [-0.3, -0.25) is 9.59 Å². The van der Waals surface area contributed by atoms with Crippen molar-refractivity contribution in [1.82, 2.24) is 9.88 Å². The molecule has 1 N–H and O–H groups in total. The van der Waals surface area contributed by atoms with Crippen molar-refractivity contribution in [3.8, 4) is 0 Å². The number of hydrogen-bond donors (Lipinski definition) is 1. The predicted octanol–water partition coefficient (Wildman–Crippen LogP) is 3.92. The summed E-state index contributed by atoms with van der Waals surface area (Å²) in [7, 11) is 0. The number of rotatable bonds is 6. The second-order valence-corrected chi connectivity index (χ2v) is 7.42. The van der Waals surface area contributed by atoms with E-state index in [0.29, 0.717) is 43.9 Å². The maximum Gasteiger partial charge on any atom is 0.291 e. The fourth-order valence-electron chi connectivity index (χ4n) is 3.68. The van der Waals surface area contributed by atoms with Gasteiger partial charge in [0.15, 0.2) is 0 Å². The van der Waals surface area contributed by atoms with E-state index in [1.165, 1.54) is 0 Å². The molecule has 7 heteroatoms. The molecular weight excluding hydrogens is 380 g/mol. The molecule has 3 aromatic rings. The Morgan fingerprint density at radius 2 is 1.83 bits per heavy atom. The summed E-state index contributed by atoms with van der Waals surface area (Å²) in [6.45, 7) is 4.56. The van der Waals surface area contributed by atoms with Crippen molar-refractivity contribution in [3.63, 3.8) is 0 Å². The van der Waals surface area contributed by atoms with Gasteiger partial charge >= 0.3 is 0 Å². The van der Waals surface area contributed by atoms with Crippen molar-refractivity contribution < 1.29 is 14.0 Å². The number of carbonyl (C=O) groups excluding carboxylic acids is 2. The van der Waals surface area contributed by atoms with Gasteiger partial charge in [-0.15, -0.1) is 0 Å². The van der Waals surface area contributed by atoms with Crippen molar-refractivity contribution in [2.24, 2.45) is 0 Å². The molecule has 30 heavy (non-hydrogen) atoms. The fraction of sp³-hybridized carbons (Fsp3) is 0.348. The van der Waals surface area contributed by atoms with Crippen molar-refractivity contribution in [1.29, 1.82) is 0 Å². The summed E-state index contributed by atoms with van der Waals surface area (Å²) in [5.41, 5.74) is 1.07. The van der Waals surface area contributed by atoms with Crippen molar-refractivity contribution >= 4 is 34.3 Å². The first-order valence-corrected chi connectivity index (χ1v) is 10.4. The summed E-state index contributed by atoms with van der Waals surface area (Å²) in [6, 6.07) is 13.2. The zero-order valence-corrected chi connectivity index (χ0v) is 17.1. The maximum atomic E-state index is 13.3. The van der Waals surface area contributed by atoms with Gasteiger partial charge in [0.1, 0.15) is 17.1 Å². The molecule has 156 valence electrons. The van der Waals surface area contributed by atoms with E-state index in [-0.39, 0.29) is 17.6 Å². The molecule has 0 spiro atoms. The number of nitrogens with one attached hydrogen (secondary N) is 1. The Balaban J connectivity index is 1.53. The van der Waals surface area contributed by atoms with Crippen LogP contribution >= 0.6 is 0 Å². The number of unbranched alkanes of at least 4 members (excludes halogenated alkanes) is 1. The van der Waals surface area contributed by atoms with Crippen LogP contribution in [-0.2, 0) is 4.79 Å². The standard InChI is InChI=1S/C23H26N4O3/c1-2-3-11-20(28)25-21-17-8-4-5-9-18(17)30-22(21)23(29)27-15-13-26(14-16-27)19-10-6-7-12-24-19/h4-10,12H,2-3,11,13-16H2,1H3,(H,25,28). The Kier molecular flexibility index (Phi) is 5.97. The zero-order valence-electron chi connectivity index (χ0n) is 17.1. The van der Waals surface area contributed by atoms with Gasteiger partial charge in [0.25, 0.3) is 5.91 Å². The highest BCUT2D eigenvalue weighted by atomic mass is 16.3. The first-order chi connectivity index (χ1) is 14.7. The largest absolute Gasteiger partial charge is 0.449 e. The number of aromatic nitrogens is 1. The van der Waals surface area contributed by atoms with Gasteiger partial charge in [0.05, 0.1) is 0 Å². The lowest BCUT2D eigenvalue weighted by Gasteiger charge is -2.35. The maximum absolute atomic E-state index is 13.3. The first-order valence-electron chi connectivity index (χ1n) is 10.4. The van der Waals surface area contributed by atoms with Crippen LogP contribution in [0.4, 0.5) is 11.5 Å². The number of benzene rings is 1. The van der Waals surface area contributed by atoms with Crippen LogP contribution in [0.1, 0.15) is 36.7 Å². The number of piperazine rings is 1. The summed E-state index contributed by atoms with van der Waals surface area (Å²) >= 11 is 0. The van der Waals surface area contributed by atoms with Crippen LogP contribution in [0.25, 0.3) is 11.0 Å². The second kappa shape index (κ2) is 8.98. The molecule has 0 bridgehead atoms. The Labute approximate surface area is 175 Å². The normalized spacial score (nSPS) is 14.2. The predicted molar refractivity (Wildman–Crippen MR) is 117 cm³/mol. The highest BCUT2D eigenvalue weighted by molar-refractivity contribution is 6.10. The molecule has 1 fully saturated rings. The summed E-state index contributed by atoms with van der Waals surface area (Å²) in [5, 5.41) is 3.67. The van der Waals surface area contributed by atoms with Crippen molar-refractivity contribution in [3.05, 3.63) is 54.4 Å². The Morgan fingerprint density at radius 1 is 1.07 bits per heavy atom. The average Bonchev–Trinajstić information content (AvgIpc) is 3.16. The minimum Gasteiger partial charge on any atom is -0.449 e. The molecule has 1 aromatic carbocycles. The number of hydrogen-bond acceptors (Lipinski definition) is 5. The third kappa shape index (κ3) is 4.15. The molecule has 3 heterocycles. The van der Waals surface area contributed by atoms with Crippen LogP contribution in [-0.4, -0.2) is 47.9 Å². The van der Waals surface area contributed by atoms with Gasteiger partial charge < -0.3 is 19.5 Å². The van der Waals surface area contributed by atoms with E-state index in [2.05, 4.69) is 15.2 Å². The summed E-state index contributed by atoms with van der Waals surface area (Å²) in [4.78, 5) is 34.0. The van der Waals surface area contributed by atoms with E-state index in [4.69, 9.17) is 4.42 Å². The number of pyridine rings is 1. The van der Waals surface area contributed by atoms with Gasteiger partial charge in [0, 0.05) is 44.2 Å². The van der Waals surface area contributed by atoms with E-state index >= 15 is 0 Å². The fourth-order valence-corrected chi connectivity index (χ4v) is 3.68. The van der Waals surface area contributed by atoms with E-state index in [0.717, 1.165) is 24.0 Å². The summed E-state index contributed by atoms with van der Waals surface area (Å²) in [5.74, 6) is 0.819. The lowest BCUT2D eigenvalue weighted by Crippen LogP contribution is -2.49. The second-order valence-electron chi connectivity index (χ2n) is 7.42. The van der Waals surface area contributed by atoms with Gasteiger partial charge in [-0.1, -0.05) is 31.5 Å². The zero-order chi connectivity index (χ0) is 20.9. The molecule has 2 aromatic heterocycles. The van der Waals surface area contributed by atoms with Crippen LogP contribution in [0.15, 0.2) is 53.1 Å². The molecule has 0 radical (unpaired) electrons. The molecule has 1 aliphatic heterocycles. The van der Waals surface area contributed by atoms with Crippen LogP contribution in [0.3, 0.4) is 0 Å². The molecule has 2 amide bonds. The van der Waals surface area contributed by atoms with E-state index in [1.807, 2.05) is 49.4 Å². The number of fused-ring (bicyclic) bond motifs is 1. The topological polar surface area (TPSA) is 78.7 Å². The molecule has 0 saturated carbocycles. The van der Waals surface area contributed by atoms with Crippen LogP contribution < -0.4 is 10.2 Å². The molecule has 0 unspecified atom stereocenters. The summed E-state index contributed by atoms with van der Waals surface area (Å²) in [6.07, 6.45) is 3.94. The number of carbonyl (C=O) groups is 2. The molecule has 7 nitrogen and oxygen atoms in total. The lowest BCUT2D eigenvalue weighted by molar-refractivity contribution is -0.116. The third-order valence-corrected chi connectivity index (χ3v) is 5.35. The van der Waals surface area contributed by atoms with Crippen molar-refractivity contribution in [2.45, 2.75) is 26.2 Å². The van der Waals surface area contributed by atoms with Crippen LogP contribution in [0.2, 0.25) is 0 Å². The molecule has 1 aliphatic rings. The van der Waals surface area contributed by atoms with Gasteiger partial charge in [-0.25, -0.2) is 4.98 Å². The number of anilines is 2. The monoisotopic (exact) mass is 406 g/mol. The number of amides is 2. The number of para-hydroxylation sites is 1. The average molecular weight is 406 g/mol. The molecular formula is C23H26N4O3. The minimum atomic E-state index is -0.197. The Hall–Kier alpha value is -3.35. The number of furan rings is 1. The van der Waals surface area contributed by atoms with Gasteiger partial charge in [0.2, 0.25) is 11.7 Å². The minimum absolute atomic E-state index is 0.0996. The highest BCUT2D eigenvalue weighted by Gasteiger charge is 2.29. The quantitative estimate of drug-likeness (QED) is 0.671. The van der Waals surface area contributed by atoms with E-state index < -0.39 is 0 Å². The smallest absolute Gasteiger partial charge is 0.291 e. The number of nitrogens with zero attached hydrogens (tertiary/aromatic N) is 3. The van der Waals surface area contributed by atoms with Gasteiger partial charge in [-0.05, 0) is 30.7 Å². The van der Waals surface area contributed by atoms with Crippen LogP contribution in [0, 0.1) is 0 Å². The first kappa shape index (κ1) is 19.9. The Bertz CT molecular complexity index is 1020. The lowest BCUT2D eigenvalue weighted by atomic mass is 10.2. The van der Waals surface area contributed by atoms with E-state index in [9.17, 15) is 9.59 Å². The Morgan fingerprint density at radius 3 is 2.57 bits per heavy atom. The summed E-state index contributed by atoms with van der Waals surface area (Å²) < 4.78 is 5.90. The molecule has 4 rings (SSSR count). The SMILES string of the molecule is CCCCC(=O)Nc1c(C(=O)N2CCN(c3ccccn3)CC2)oc2ccccc12. The molecule has 0 aliphatic carbocycles. The molecule has 1 saturated heterocycles.